The van der Waals surface area contributed by atoms with E-state index in [0.29, 0.717) is 44.3 Å². The van der Waals surface area contributed by atoms with Crippen molar-refractivity contribution in [3.63, 3.8) is 0 Å². The van der Waals surface area contributed by atoms with Gasteiger partial charge in [-0.1, -0.05) is 74.1 Å². The fourth-order valence-electron chi connectivity index (χ4n) is 6.19. The number of ether oxygens (including phenoxy) is 3. The molecular formula is C46H86N8O5. The van der Waals surface area contributed by atoms with Crippen molar-refractivity contribution in [3.05, 3.63) is 47.4 Å². The number of carbonyl (C=O) groups is 2. The van der Waals surface area contributed by atoms with Gasteiger partial charge in [0, 0.05) is 76.2 Å². The van der Waals surface area contributed by atoms with E-state index in [1.165, 1.54) is 25.7 Å². The molecule has 1 aromatic carbocycles. The second kappa shape index (κ2) is 37.6. The zero-order valence-corrected chi connectivity index (χ0v) is 39.0. The van der Waals surface area contributed by atoms with Crippen LogP contribution in [-0.4, -0.2) is 126 Å². The van der Waals surface area contributed by atoms with Gasteiger partial charge in [0.05, 0.1) is 44.8 Å². The minimum absolute atomic E-state index is 0.111. The molecule has 340 valence electrons. The maximum atomic E-state index is 13.3. The first-order chi connectivity index (χ1) is 28.8. The predicted molar refractivity (Wildman–Crippen MR) is 247 cm³/mol. The number of nitrogens with zero attached hydrogens (tertiary/aromatic N) is 5. The molecule has 4 N–H and O–H groups in total. The van der Waals surface area contributed by atoms with Gasteiger partial charge in [-0.15, -0.1) is 0 Å². The number of anilines is 2. The van der Waals surface area contributed by atoms with Crippen LogP contribution in [0.4, 0.5) is 11.5 Å². The van der Waals surface area contributed by atoms with Crippen LogP contribution in [0.2, 0.25) is 0 Å². The number of morpholine rings is 1. The summed E-state index contributed by atoms with van der Waals surface area (Å²) in [5.74, 6) is 1.60. The number of carbonyl (C=O) groups excluding carboxylic acids is 2. The van der Waals surface area contributed by atoms with Crippen LogP contribution in [-0.2, 0) is 25.4 Å². The van der Waals surface area contributed by atoms with Crippen molar-refractivity contribution in [1.82, 2.24) is 25.5 Å². The summed E-state index contributed by atoms with van der Waals surface area (Å²) in [5.41, 5.74) is 8.57. The standard InChI is InChI=1S/C37H61N7O4.C3H8.C2H5NO.2C2H6/c1-4-6-7-8-17-43(5-2)36-29-34(30(3)39-37(45)31-11-13-33(14-12-31)44-21-25-47-26-22-44)40-35(41-36)10-9-23-46-27-28-48-24-20-42-18-15-32(38)16-19-42;1-3-2;1-3-2-4;2*1-2/h11-14,29-30,32H,4-10,15-28,38H2,1-3H3,(H,39,45);3H2,1-2H3;2H,1H3,(H,3,4);2*1-2H3. The molecule has 1 aromatic heterocycles. The van der Waals surface area contributed by atoms with Gasteiger partial charge in [-0.2, -0.15) is 0 Å². The van der Waals surface area contributed by atoms with Crippen LogP contribution in [0.25, 0.3) is 0 Å². The number of amides is 2. The molecule has 0 aliphatic carbocycles. The van der Waals surface area contributed by atoms with Gasteiger partial charge < -0.3 is 45.3 Å². The van der Waals surface area contributed by atoms with Crippen LogP contribution in [0.15, 0.2) is 30.3 Å². The van der Waals surface area contributed by atoms with E-state index in [4.69, 9.17) is 34.7 Å². The van der Waals surface area contributed by atoms with Gasteiger partial charge in [0.2, 0.25) is 6.41 Å². The van der Waals surface area contributed by atoms with Gasteiger partial charge in [0.15, 0.2) is 0 Å². The SMILES string of the molecule is CC.CC.CCC.CCCCCCN(CC)c1cc(C(C)NC(=O)c2ccc(N3CCOCC3)cc2)nc(CCCOCCOCCN2CCC(N)CC2)n1.CNC=O. The van der Waals surface area contributed by atoms with Crippen molar-refractivity contribution in [3.8, 4) is 0 Å². The van der Waals surface area contributed by atoms with Gasteiger partial charge in [0.25, 0.3) is 5.91 Å². The van der Waals surface area contributed by atoms with Crippen LogP contribution in [0.1, 0.15) is 142 Å². The monoisotopic (exact) mass is 831 g/mol. The number of rotatable bonds is 22. The molecule has 0 bridgehead atoms. The zero-order valence-electron chi connectivity index (χ0n) is 39.0. The van der Waals surface area contributed by atoms with Gasteiger partial charge in [-0.05, 0) is 76.9 Å². The lowest BCUT2D eigenvalue weighted by Gasteiger charge is -2.29. The third-order valence-corrected chi connectivity index (χ3v) is 9.43. The maximum Gasteiger partial charge on any atom is 0.251 e. The van der Waals surface area contributed by atoms with Crippen LogP contribution in [0.3, 0.4) is 0 Å². The van der Waals surface area contributed by atoms with Crippen molar-refractivity contribution in [1.29, 1.82) is 0 Å². The molecule has 2 aromatic rings. The smallest absolute Gasteiger partial charge is 0.251 e. The number of nitrogens with two attached hydrogens (primary N) is 1. The number of benzene rings is 1. The van der Waals surface area contributed by atoms with Crippen LogP contribution in [0.5, 0.6) is 0 Å². The lowest BCUT2D eigenvalue weighted by atomic mass is 10.1. The molecule has 4 rings (SSSR count). The Kier molecular flexibility index (Phi) is 35.5. The number of unbranched alkanes of at least 4 members (excludes halogenated alkanes) is 3. The molecule has 3 heterocycles. The molecular weight excluding hydrogens is 745 g/mol. The summed E-state index contributed by atoms with van der Waals surface area (Å²) in [4.78, 5) is 39.3. The van der Waals surface area contributed by atoms with Crippen LogP contribution in [0, 0.1) is 0 Å². The summed E-state index contributed by atoms with van der Waals surface area (Å²) in [7, 11) is 1.56. The number of nitrogens with one attached hydrogen (secondary N) is 2. The average molecular weight is 831 g/mol. The van der Waals surface area contributed by atoms with Crippen molar-refractivity contribution < 1.29 is 23.8 Å². The summed E-state index contributed by atoms with van der Waals surface area (Å²) < 4.78 is 17.1. The van der Waals surface area contributed by atoms with E-state index < -0.39 is 0 Å². The average Bonchev–Trinajstić information content (AvgIpc) is 3.28. The highest BCUT2D eigenvalue weighted by molar-refractivity contribution is 5.94. The highest BCUT2D eigenvalue weighted by Crippen LogP contribution is 2.21. The fraction of sp³-hybridized carbons (Fsp3) is 0.739. The van der Waals surface area contributed by atoms with E-state index in [9.17, 15) is 4.79 Å². The summed E-state index contributed by atoms with van der Waals surface area (Å²) in [6.07, 6.45) is 10.3. The molecule has 1 atom stereocenters. The maximum absolute atomic E-state index is 13.3. The molecule has 1 unspecified atom stereocenters. The Hall–Kier alpha value is -3.36. The lowest BCUT2D eigenvalue weighted by Crippen LogP contribution is -2.41. The molecule has 0 spiro atoms. The van der Waals surface area contributed by atoms with Gasteiger partial charge in [-0.3, -0.25) is 9.59 Å². The summed E-state index contributed by atoms with van der Waals surface area (Å²) >= 11 is 0. The van der Waals surface area contributed by atoms with E-state index in [-0.39, 0.29) is 11.9 Å². The van der Waals surface area contributed by atoms with Crippen molar-refractivity contribution in [2.24, 2.45) is 5.73 Å². The molecule has 2 aliphatic heterocycles. The summed E-state index contributed by atoms with van der Waals surface area (Å²) in [6.45, 7) is 29.3. The minimum atomic E-state index is -0.272. The fourth-order valence-corrected chi connectivity index (χ4v) is 6.19. The summed E-state index contributed by atoms with van der Waals surface area (Å²) in [5, 5.41) is 5.43. The Morgan fingerprint density at radius 1 is 0.915 bits per heavy atom. The van der Waals surface area contributed by atoms with Crippen LogP contribution >= 0.6 is 0 Å². The molecule has 59 heavy (non-hydrogen) atoms. The van der Waals surface area contributed by atoms with E-state index in [2.05, 4.69) is 53.0 Å². The number of piperidine rings is 1. The highest BCUT2D eigenvalue weighted by atomic mass is 16.5. The Balaban J connectivity index is 0.00000276. The molecule has 2 saturated heterocycles. The molecule has 13 nitrogen and oxygen atoms in total. The van der Waals surface area contributed by atoms with E-state index in [1.807, 2.05) is 65.0 Å². The normalized spacial score (nSPS) is 14.4. The number of likely N-dealkylation sites (tertiary alicyclic amines) is 1. The van der Waals surface area contributed by atoms with Gasteiger partial charge in [-0.25, -0.2) is 9.97 Å². The zero-order chi connectivity index (χ0) is 44.1. The van der Waals surface area contributed by atoms with Gasteiger partial charge in [0.1, 0.15) is 11.6 Å². The number of hydrogen-bond donors (Lipinski definition) is 3. The predicted octanol–water partition coefficient (Wildman–Crippen LogP) is 7.43. The highest BCUT2D eigenvalue weighted by Gasteiger charge is 2.19. The second-order valence-corrected chi connectivity index (χ2v) is 14.2. The Labute approximate surface area is 359 Å². The molecule has 0 radical (unpaired) electrons. The third kappa shape index (κ3) is 25.1. The summed E-state index contributed by atoms with van der Waals surface area (Å²) in [6, 6.07) is 9.96. The lowest BCUT2D eigenvalue weighted by molar-refractivity contribution is -0.109. The first-order valence-corrected chi connectivity index (χ1v) is 22.9. The first-order valence-electron chi connectivity index (χ1n) is 22.9. The Bertz CT molecular complexity index is 1270. The largest absolute Gasteiger partial charge is 0.379 e. The van der Waals surface area contributed by atoms with Crippen LogP contribution < -0.4 is 26.2 Å². The van der Waals surface area contributed by atoms with E-state index >= 15 is 0 Å². The van der Waals surface area contributed by atoms with E-state index in [0.717, 1.165) is 114 Å². The number of hydrogen-bond acceptors (Lipinski definition) is 11. The molecule has 13 heteroatoms. The van der Waals surface area contributed by atoms with Crippen molar-refractivity contribution in [2.45, 2.75) is 132 Å². The first kappa shape index (κ1) is 55.6. The number of aryl methyl sites for hydroxylation is 1. The van der Waals surface area contributed by atoms with Crippen molar-refractivity contribution in [2.75, 3.05) is 102 Å². The van der Waals surface area contributed by atoms with E-state index in [1.54, 1.807) is 7.05 Å². The molecule has 2 fully saturated rings. The molecule has 0 saturated carbocycles. The quantitative estimate of drug-likeness (QED) is 0.0804. The van der Waals surface area contributed by atoms with Gasteiger partial charge >= 0.3 is 0 Å². The Morgan fingerprint density at radius 3 is 2.10 bits per heavy atom. The Morgan fingerprint density at radius 2 is 1.53 bits per heavy atom. The second-order valence-electron chi connectivity index (χ2n) is 14.2. The van der Waals surface area contributed by atoms with Crippen molar-refractivity contribution >= 4 is 23.8 Å². The number of aromatic nitrogens is 2. The topological polar surface area (TPSA) is 147 Å². The molecule has 2 amide bonds. The minimum Gasteiger partial charge on any atom is -0.379 e. The third-order valence-electron chi connectivity index (χ3n) is 9.43. The molecule has 2 aliphatic rings.